The molecule has 2 aromatic rings. The van der Waals surface area contributed by atoms with Crippen molar-refractivity contribution < 1.29 is 14.8 Å². The van der Waals surface area contributed by atoms with Gasteiger partial charge in [0.15, 0.2) is 11.0 Å². The monoisotopic (exact) mass is 224 g/mol. The predicted molar refractivity (Wildman–Crippen MR) is 57.8 cm³/mol. The quantitative estimate of drug-likeness (QED) is 0.520. The Morgan fingerprint density at radius 1 is 1.25 bits per heavy atom. The molecular weight excluding hydrogens is 212 g/mol. The molecule has 0 radical (unpaired) electrons. The van der Waals surface area contributed by atoms with Gasteiger partial charge in [-0.15, -0.1) is 0 Å². The van der Waals surface area contributed by atoms with Crippen LogP contribution >= 0.6 is 0 Å². The van der Waals surface area contributed by atoms with Crippen LogP contribution in [0.25, 0.3) is 11.0 Å². The van der Waals surface area contributed by atoms with Crippen molar-refractivity contribution in [3.8, 4) is 0 Å². The van der Waals surface area contributed by atoms with Gasteiger partial charge in [-0.2, -0.15) is 0 Å². The van der Waals surface area contributed by atoms with Gasteiger partial charge in [-0.05, 0) is 22.4 Å². The maximum absolute atomic E-state index is 8.96. The molecule has 1 aromatic carbocycles. The fourth-order valence-electron chi connectivity index (χ4n) is 1.37. The summed E-state index contributed by atoms with van der Waals surface area (Å²) < 4.78 is 4.59. The van der Waals surface area contributed by atoms with Crippen molar-refractivity contribution in [3.63, 3.8) is 0 Å². The molecule has 0 saturated carbocycles. The van der Waals surface area contributed by atoms with Gasteiger partial charge < -0.3 is 21.3 Å². The molecule has 0 atom stereocenters. The fourth-order valence-corrected chi connectivity index (χ4v) is 1.37. The molecule has 0 aliphatic rings. The van der Waals surface area contributed by atoms with Gasteiger partial charge in [-0.25, -0.2) is 4.63 Å². The maximum atomic E-state index is 8.96. The lowest BCUT2D eigenvalue weighted by atomic mass is 10.2. The number of aliphatic hydroxyl groups is 2. The van der Waals surface area contributed by atoms with Crippen LogP contribution in [-0.4, -0.2) is 39.8 Å². The Hall–Kier alpha value is -1.86. The van der Waals surface area contributed by atoms with Gasteiger partial charge in [0.05, 0.1) is 30.6 Å². The van der Waals surface area contributed by atoms with E-state index in [0.717, 1.165) is 0 Å². The van der Waals surface area contributed by atoms with E-state index >= 15 is 0 Å². The molecule has 1 heterocycles. The molecule has 5 N–H and O–H groups in total. The lowest BCUT2D eigenvalue weighted by Crippen LogP contribution is -2.27. The molecule has 2 rings (SSSR count). The molecule has 0 bridgehead atoms. The molecule has 1 aromatic heterocycles. The fraction of sp³-hybridized carbons (Fsp3) is 0.333. The Morgan fingerprint density at radius 2 is 1.94 bits per heavy atom. The summed E-state index contributed by atoms with van der Waals surface area (Å²) in [5.41, 5.74) is 7.69. The molecular formula is C9H12N4O3. The summed E-state index contributed by atoms with van der Waals surface area (Å²) >= 11 is 0. The third kappa shape index (κ3) is 1.77. The van der Waals surface area contributed by atoms with Crippen LogP contribution in [0, 0.1) is 0 Å². The van der Waals surface area contributed by atoms with Crippen LogP contribution in [0.1, 0.15) is 0 Å². The molecule has 0 saturated heterocycles. The SMILES string of the molecule is Nc1ccc(NC(CO)CO)c2nonc12. The number of nitrogen functional groups attached to an aromatic ring is 1. The highest BCUT2D eigenvalue weighted by atomic mass is 16.6. The van der Waals surface area contributed by atoms with Gasteiger partial charge in [0.2, 0.25) is 0 Å². The largest absolute Gasteiger partial charge is 0.397 e. The van der Waals surface area contributed by atoms with Crippen LogP contribution in [0.5, 0.6) is 0 Å². The number of benzene rings is 1. The highest BCUT2D eigenvalue weighted by molar-refractivity contribution is 5.95. The van der Waals surface area contributed by atoms with Crippen molar-refractivity contribution >= 4 is 22.4 Å². The second-order valence-electron chi connectivity index (χ2n) is 3.37. The van der Waals surface area contributed by atoms with Gasteiger partial charge >= 0.3 is 0 Å². The predicted octanol–water partition coefficient (Wildman–Crippen LogP) is -0.430. The number of hydrogen-bond donors (Lipinski definition) is 4. The second kappa shape index (κ2) is 4.33. The van der Waals surface area contributed by atoms with E-state index < -0.39 is 6.04 Å². The molecule has 7 nitrogen and oxygen atoms in total. The molecule has 0 fully saturated rings. The summed E-state index contributed by atoms with van der Waals surface area (Å²) in [6.07, 6.45) is 0. The Bertz CT molecular complexity index is 481. The maximum Gasteiger partial charge on any atom is 0.160 e. The third-order valence-electron chi connectivity index (χ3n) is 2.25. The van der Waals surface area contributed by atoms with Crippen molar-refractivity contribution in [1.82, 2.24) is 10.3 Å². The minimum absolute atomic E-state index is 0.187. The Labute approximate surface area is 90.8 Å². The highest BCUT2D eigenvalue weighted by Crippen LogP contribution is 2.25. The first-order valence-electron chi connectivity index (χ1n) is 4.75. The molecule has 0 aliphatic carbocycles. The van der Waals surface area contributed by atoms with Crippen molar-refractivity contribution in [2.24, 2.45) is 0 Å². The van der Waals surface area contributed by atoms with E-state index in [1.807, 2.05) is 0 Å². The second-order valence-corrected chi connectivity index (χ2v) is 3.37. The summed E-state index contributed by atoms with van der Waals surface area (Å²) in [7, 11) is 0. The molecule has 16 heavy (non-hydrogen) atoms. The molecule has 0 amide bonds. The Morgan fingerprint density at radius 3 is 2.62 bits per heavy atom. The van der Waals surface area contributed by atoms with Gasteiger partial charge in [0.25, 0.3) is 0 Å². The summed E-state index contributed by atoms with van der Waals surface area (Å²) in [6.45, 7) is -0.374. The van der Waals surface area contributed by atoms with E-state index in [-0.39, 0.29) is 13.2 Å². The zero-order valence-electron chi connectivity index (χ0n) is 8.42. The van der Waals surface area contributed by atoms with Gasteiger partial charge in [0, 0.05) is 0 Å². The molecule has 0 aliphatic heterocycles. The lowest BCUT2D eigenvalue weighted by molar-refractivity contribution is 0.204. The number of fused-ring (bicyclic) bond motifs is 1. The molecule has 0 unspecified atom stereocenters. The zero-order chi connectivity index (χ0) is 11.5. The van der Waals surface area contributed by atoms with E-state index in [0.29, 0.717) is 22.4 Å². The van der Waals surface area contributed by atoms with Crippen molar-refractivity contribution in [3.05, 3.63) is 12.1 Å². The number of rotatable bonds is 4. The van der Waals surface area contributed by atoms with Crippen molar-refractivity contribution in [2.75, 3.05) is 24.3 Å². The van der Waals surface area contributed by atoms with E-state index in [2.05, 4.69) is 20.3 Å². The van der Waals surface area contributed by atoms with Crippen LogP contribution in [0.2, 0.25) is 0 Å². The van der Waals surface area contributed by atoms with Crippen molar-refractivity contribution in [1.29, 1.82) is 0 Å². The minimum atomic E-state index is -0.455. The first-order valence-corrected chi connectivity index (χ1v) is 4.75. The topological polar surface area (TPSA) is 117 Å². The van der Waals surface area contributed by atoms with Crippen LogP contribution in [0.4, 0.5) is 11.4 Å². The third-order valence-corrected chi connectivity index (χ3v) is 2.25. The van der Waals surface area contributed by atoms with Gasteiger partial charge in [-0.3, -0.25) is 0 Å². The molecule has 0 spiro atoms. The standard InChI is InChI=1S/C9H12N4O3/c10-6-1-2-7(11-5(3-14)4-15)9-8(6)12-16-13-9/h1-2,5,11,14-15H,3-4,10H2. The number of aromatic nitrogens is 2. The zero-order valence-corrected chi connectivity index (χ0v) is 8.42. The van der Waals surface area contributed by atoms with E-state index in [1.165, 1.54) is 0 Å². The van der Waals surface area contributed by atoms with E-state index in [1.54, 1.807) is 12.1 Å². The van der Waals surface area contributed by atoms with E-state index in [4.69, 9.17) is 15.9 Å². The van der Waals surface area contributed by atoms with Crippen LogP contribution in [0.3, 0.4) is 0 Å². The van der Waals surface area contributed by atoms with Gasteiger partial charge in [0.1, 0.15) is 0 Å². The number of hydrogen-bond acceptors (Lipinski definition) is 7. The Balaban J connectivity index is 2.37. The summed E-state index contributed by atoms with van der Waals surface area (Å²) in [5, 5.41) is 28.2. The van der Waals surface area contributed by atoms with Crippen LogP contribution in [0.15, 0.2) is 16.8 Å². The average molecular weight is 224 g/mol. The summed E-state index contributed by atoms with van der Waals surface area (Å²) in [4.78, 5) is 0. The molecule has 7 heteroatoms. The van der Waals surface area contributed by atoms with Gasteiger partial charge in [-0.1, -0.05) is 0 Å². The first kappa shape index (κ1) is 10.7. The average Bonchev–Trinajstić information content (AvgIpc) is 2.78. The normalized spacial score (nSPS) is 11.2. The summed E-state index contributed by atoms with van der Waals surface area (Å²) in [6, 6.07) is 2.89. The van der Waals surface area contributed by atoms with Crippen molar-refractivity contribution in [2.45, 2.75) is 6.04 Å². The smallest absolute Gasteiger partial charge is 0.160 e. The number of anilines is 2. The number of aliphatic hydroxyl groups excluding tert-OH is 2. The van der Waals surface area contributed by atoms with E-state index in [9.17, 15) is 0 Å². The number of nitrogens with two attached hydrogens (primary N) is 1. The Kier molecular flexibility index (Phi) is 2.88. The number of nitrogens with one attached hydrogen (secondary N) is 1. The van der Waals surface area contributed by atoms with Crippen LogP contribution in [-0.2, 0) is 0 Å². The number of nitrogens with zero attached hydrogens (tertiary/aromatic N) is 2. The molecule has 86 valence electrons. The lowest BCUT2D eigenvalue weighted by Gasteiger charge is -2.14. The first-order chi connectivity index (χ1) is 7.76. The minimum Gasteiger partial charge on any atom is -0.397 e. The summed E-state index contributed by atoms with van der Waals surface area (Å²) in [5.74, 6) is 0. The highest BCUT2D eigenvalue weighted by Gasteiger charge is 2.12. The van der Waals surface area contributed by atoms with Crippen LogP contribution < -0.4 is 11.1 Å².